The van der Waals surface area contributed by atoms with Gasteiger partial charge in [0.2, 0.25) is 47.1 Å². The number of nitrogens with zero attached hydrogens (tertiary/aromatic N) is 12. The van der Waals surface area contributed by atoms with Gasteiger partial charge >= 0.3 is 35.1 Å². The minimum absolute atomic E-state index is 0.00310. The number of hydrogen-bond acceptors (Lipinski definition) is 30. The summed E-state index contributed by atoms with van der Waals surface area (Å²) in [5.41, 5.74) is 21.8. The van der Waals surface area contributed by atoms with Gasteiger partial charge < -0.3 is 75.3 Å². The number of nitrogens with one attached hydrogen (secondary N) is 8. The van der Waals surface area contributed by atoms with E-state index < -0.39 is 54.8 Å². The maximum absolute atomic E-state index is 13.4. The van der Waals surface area contributed by atoms with Gasteiger partial charge in [0.15, 0.2) is 0 Å². The van der Waals surface area contributed by atoms with E-state index >= 15 is 0 Å². The van der Waals surface area contributed by atoms with E-state index in [-0.39, 0.29) is 124 Å². The van der Waals surface area contributed by atoms with Crippen molar-refractivity contribution in [1.29, 1.82) is 0 Å². The van der Waals surface area contributed by atoms with E-state index in [1.54, 1.807) is 43.5 Å². The van der Waals surface area contributed by atoms with Crippen molar-refractivity contribution in [2.45, 2.75) is 165 Å². The van der Waals surface area contributed by atoms with Crippen LogP contribution >= 0.6 is 11.6 Å². The minimum atomic E-state index is -4.82. The molecule has 4 heterocycles. The van der Waals surface area contributed by atoms with E-state index in [2.05, 4.69) is 82.4 Å². The zero-order valence-corrected chi connectivity index (χ0v) is 64.9. The number of hydrogen-bond donors (Lipinski definition) is 13. The monoisotopic (exact) mass is 1680 g/mol. The quantitative estimate of drug-likeness (QED) is 0.0118. The highest BCUT2D eigenvalue weighted by Gasteiger charge is 2.36. The van der Waals surface area contributed by atoms with Crippen LogP contribution in [0, 0.1) is 75.8 Å². The van der Waals surface area contributed by atoms with Crippen LogP contribution in [0.2, 0.25) is 5.02 Å². The molecule has 34 nitrogen and oxygen atoms in total. The second kappa shape index (κ2) is 43.0. The fraction of sp³-hybridized carbons (Fsp3) is 0.467. The Morgan fingerprint density at radius 1 is 0.432 bits per heavy atom. The number of nitro groups is 4. The number of anilines is 8. The van der Waals surface area contributed by atoms with Gasteiger partial charge in [-0.3, -0.25) is 40.5 Å². The van der Waals surface area contributed by atoms with Crippen molar-refractivity contribution in [3.05, 3.63) is 194 Å². The van der Waals surface area contributed by atoms with Crippen molar-refractivity contribution in [1.82, 2.24) is 39.9 Å². The predicted molar refractivity (Wildman–Crippen MR) is 427 cm³/mol. The zero-order chi connectivity index (χ0) is 85.2. The first-order valence-electron chi connectivity index (χ1n) is 38.0. The highest BCUT2D eigenvalue weighted by molar-refractivity contribution is 6.30. The summed E-state index contributed by atoms with van der Waals surface area (Å²) in [6.45, 7) is 2.47. The summed E-state index contributed by atoms with van der Waals surface area (Å²) in [6.07, 6.45) is 9.98. The molecule has 4 saturated carbocycles. The van der Waals surface area contributed by atoms with Crippen LogP contribution in [0.15, 0.2) is 104 Å². The molecule has 0 atom stereocenters. The predicted octanol–water partition coefficient (Wildman–Crippen LogP) is 14.4. The smallest absolute Gasteiger partial charge is 0.419 e. The van der Waals surface area contributed by atoms with Gasteiger partial charge in [-0.15, -0.1) is 0 Å². The molecular weight excluding hydrogens is 1580 g/mol. The van der Waals surface area contributed by atoms with E-state index in [1.165, 1.54) is 18.5 Å². The third-order valence-corrected chi connectivity index (χ3v) is 20.5. The van der Waals surface area contributed by atoms with Crippen LogP contribution in [0.25, 0.3) is 0 Å². The van der Waals surface area contributed by atoms with Crippen LogP contribution in [0.1, 0.15) is 136 Å². The van der Waals surface area contributed by atoms with Crippen LogP contribution in [0.4, 0.5) is 105 Å². The van der Waals surface area contributed by atoms with E-state index in [4.69, 9.17) is 39.3 Å². The molecule has 17 N–H and O–H groups in total. The van der Waals surface area contributed by atoms with Gasteiger partial charge in [-0.2, -0.15) is 46.3 Å². The number of methoxy groups -OCH3 is 1. The van der Waals surface area contributed by atoms with E-state index in [0.29, 0.717) is 85.8 Å². The molecular formula is C75H93ClF8N24O10. The number of aromatic hydroxyl groups is 1. The zero-order valence-electron chi connectivity index (χ0n) is 64.1. The third kappa shape index (κ3) is 28.1. The molecule has 43 heteroatoms. The number of halogens is 9. The van der Waals surface area contributed by atoms with Crippen molar-refractivity contribution in [3.8, 4) is 11.5 Å². The fourth-order valence-electron chi connectivity index (χ4n) is 13.6. The normalized spacial score (nSPS) is 19.1. The Morgan fingerprint density at radius 2 is 0.780 bits per heavy atom. The maximum Gasteiger partial charge on any atom is 0.419 e. The molecule has 8 aromatic rings. The Morgan fingerprint density at radius 3 is 1.12 bits per heavy atom. The molecule has 0 saturated heterocycles. The average Bonchev–Trinajstić information content (AvgIpc) is 0.813. The topological polar surface area (TPSA) is 505 Å². The molecule has 4 aromatic heterocycles. The van der Waals surface area contributed by atoms with Gasteiger partial charge in [-0.25, -0.2) is 28.7 Å². The van der Waals surface area contributed by atoms with Crippen molar-refractivity contribution < 1.29 is 64.7 Å². The molecule has 12 rings (SSSR count). The molecule has 0 radical (unpaired) electrons. The largest absolute Gasteiger partial charge is 0.508 e. The maximum atomic E-state index is 13.4. The van der Waals surface area contributed by atoms with E-state index in [9.17, 15) is 80.7 Å². The van der Waals surface area contributed by atoms with Crippen LogP contribution in [0.3, 0.4) is 0 Å². The number of alkyl halides is 6. The lowest BCUT2D eigenvalue weighted by Gasteiger charge is -2.26. The molecule has 0 amide bonds. The van der Waals surface area contributed by atoms with Crippen molar-refractivity contribution in [2.75, 3.05) is 75.8 Å². The van der Waals surface area contributed by atoms with Gasteiger partial charge in [0.05, 0.1) is 37.9 Å². The number of benzene rings is 4. The summed E-state index contributed by atoms with van der Waals surface area (Å²) >= 11 is 6.05. The van der Waals surface area contributed by atoms with Crippen LogP contribution in [-0.2, 0) is 38.5 Å². The minimum Gasteiger partial charge on any atom is -0.508 e. The van der Waals surface area contributed by atoms with Gasteiger partial charge in [-0.1, -0.05) is 35.9 Å². The summed E-state index contributed by atoms with van der Waals surface area (Å²) in [4.78, 5) is 75.4. The Balaban J connectivity index is 0.000000180. The van der Waals surface area contributed by atoms with Gasteiger partial charge in [-0.05, 0) is 198 Å². The van der Waals surface area contributed by atoms with Crippen LogP contribution < -0.4 is 70.2 Å². The number of rotatable bonds is 29. The van der Waals surface area contributed by atoms with Gasteiger partial charge in [0, 0.05) is 87.1 Å². The van der Waals surface area contributed by atoms with E-state index in [0.717, 1.165) is 144 Å². The highest BCUT2D eigenvalue weighted by Crippen LogP contribution is 2.37. The number of ether oxygens (including phenoxy) is 1. The molecule has 4 fully saturated rings. The first-order valence-corrected chi connectivity index (χ1v) is 38.4. The van der Waals surface area contributed by atoms with E-state index in [1.807, 2.05) is 6.07 Å². The molecule has 636 valence electrons. The lowest BCUT2D eigenvalue weighted by atomic mass is 9.86. The molecule has 4 aliphatic carbocycles. The molecule has 4 aromatic carbocycles. The van der Waals surface area contributed by atoms with Crippen LogP contribution in [-0.4, -0.2) is 122 Å². The highest BCUT2D eigenvalue weighted by atomic mass is 35.5. The van der Waals surface area contributed by atoms with Crippen molar-refractivity contribution in [3.63, 3.8) is 0 Å². The average molecular weight is 1680 g/mol. The van der Waals surface area contributed by atoms with Crippen molar-refractivity contribution in [2.24, 2.45) is 46.6 Å². The number of aromatic nitrogens is 8. The first kappa shape index (κ1) is 90.3. The summed E-state index contributed by atoms with van der Waals surface area (Å²) in [6, 6.07) is 18.0. The fourth-order valence-corrected chi connectivity index (χ4v) is 13.8. The molecule has 0 aliphatic heterocycles. The number of phenols is 1. The molecule has 0 bridgehead atoms. The summed E-state index contributed by atoms with van der Waals surface area (Å²) in [5.74, 6) is 0.853. The molecule has 0 unspecified atom stereocenters. The Bertz CT molecular complexity index is 4680. The number of phenolic OH excluding ortho intramolecular Hbond substituents is 1. The summed E-state index contributed by atoms with van der Waals surface area (Å²) in [7, 11) is 1.58. The summed E-state index contributed by atoms with van der Waals surface area (Å²) in [5, 5.41) is 78.9. The number of nitrogens with two attached hydrogens (primary N) is 4. The first-order chi connectivity index (χ1) is 56.2. The Kier molecular flexibility index (Phi) is 32.9. The van der Waals surface area contributed by atoms with Gasteiger partial charge in [0.1, 0.15) is 47.9 Å². The van der Waals surface area contributed by atoms with Crippen molar-refractivity contribution >= 4 is 81.4 Å². The third-order valence-electron chi connectivity index (χ3n) is 20.3. The molecule has 118 heavy (non-hydrogen) atoms. The van der Waals surface area contributed by atoms with Crippen LogP contribution in [0.5, 0.6) is 11.5 Å². The Hall–Kier alpha value is -11.6. The second-order valence-corrected chi connectivity index (χ2v) is 29.5. The summed E-state index contributed by atoms with van der Waals surface area (Å²) < 4.78 is 110. The lowest BCUT2D eigenvalue weighted by molar-refractivity contribution is -0.384. The second-order valence-electron chi connectivity index (χ2n) is 29.0. The molecule has 0 spiro atoms. The van der Waals surface area contributed by atoms with Gasteiger partial charge in [0.25, 0.3) is 0 Å². The standard InChI is InChI=1S/C19H25ClN6O3.2C19H22F4N6O2.C18H24N6O3/c1-29-17-7-4-14(20)8-13(17)10-23-19-24-11-16(26(27)28)18(25-19)22-9-12-2-5-15(21)6-3-12;20-13-4-3-12(15(7-13)19(21,22)23)9-26-18-27-10-16(29(30)31)17(28-18)25-8-11-1-5-14(24)6-2-11;20-15-6-3-12(7-14(15)19(21,22)23)9-26-18-27-10-16(29(30)31)17(28-18)25-8-11-1-4-13(24)5-2-11;19-14-6-4-12(5-7-14)9-20-17-16(24(26)27)11-22-18(23-17)21-10-13-2-1-3-15(25)8-13/h4,7-8,11-12,15H,2-3,5-6,9-10,21H2,1H3,(H2,22,23,24,25);3-4,7,10-11,14H,1-2,5-6,8-9,24H2,(H2,25,26,27,28);3,6-7,10-11,13H,1-2,4-5,8-9,24H2,(H2,25,26,27,28);1-3,8,11-12,14,25H,4-7,9-10,19H2,(H2,20,21,22,23). The SMILES string of the molecule is COc1ccc(Cl)cc1CNc1ncc([N+](=O)[O-])c(NCC2CCC(N)CC2)n1.NC1CCC(CNc2nc(NCc3ccc(F)c(C(F)(F)F)c3)ncc2[N+](=O)[O-])CC1.NC1CCC(CNc2nc(NCc3ccc(F)cc3C(F)(F)F)ncc2[N+](=O)[O-])CC1.NC1CCC(CNc2nc(NCc3cccc(O)c3)ncc2[N+](=O)[O-])CC1. The lowest BCUT2D eigenvalue weighted by Crippen LogP contribution is -2.29. The molecule has 4 aliphatic rings. The Labute approximate surface area is 676 Å².